The lowest BCUT2D eigenvalue weighted by molar-refractivity contribution is 0.0762. The molecule has 1 heterocycles. The quantitative estimate of drug-likeness (QED) is 0.505. The summed E-state index contributed by atoms with van der Waals surface area (Å²) in [4.78, 5) is 28.0. The van der Waals surface area contributed by atoms with E-state index in [9.17, 15) is 18.4 Å². The summed E-state index contributed by atoms with van der Waals surface area (Å²) in [6.07, 6.45) is 0.506. The number of benzene rings is 3. The van der Waals surface area contributed by atoms with Crippen molar-refractivity contribution in [1.82, 2.24) is 4.90 Å². The van der Waals surface area contributed by atoms with Gasteiger partial charge >= 0.3 is 0 Å². The Bertz CT molecular complexity index is 1100. The Morgan fingerprint density at radius 1 is 0.871 bits per heavy atom. The van der Waals surface area contributed by atoms with Crippen LogP contribution in [0.2, 0.25) is 0 Å². The van der Waals surface area contributed by atoms with E-state index in [1.807, 2.05) is 6.07 Å². The van der Waals surface area contributed by atoms with Gasteiger partial charge in [-0.05, 0) is 30.7 Å². The number of halogens is 2. The molecule has 0 radical (unpaired) electrons. The molecule has 0 aliphatic carbocycles. The van der Waals surface area contributed by atoms with Gasteiger partial charge in [0.05, 0.1) is 5.56 Å². The van der Waals surface area contributed by atoms with Crippen molar-refractivity contribution >= 4 is 23.5 Å². The number of carbonyl (C=O) groups excluding carboxylic acids is 2. The first-order valence-electron chi connectivity index (χ1n) is 10.1. The average Bonchev–Trinajstić information content (AvgIpc) is 3.06. The molecular weight excluding hydrogens is 416 g/mol. The van der Waals surface area contributed by atoms with Crippen LogP contribution in [0, 0.1) is 11.6 Å². The maximum Gasteiger partial charge on any atom is 0.254 e. The van der Waals surface area contributed by atoms with Crippen molar-refractivity contribution in [2.24, 2.45) is 0 Å². The third-order valence-electron chi connectivity index (χ3n) is 5.37. The molecule has 3 nitrogen and oxygen atoms in total. The topological polar surface area (TPSA) is 37.4 Å². The standard InChI is InChI=1S/C25H21F2NO2S/c26-18-10-11-22(27)21(16-18)23-12-13-28(14-15-31-23)25(30)20-9-5-4-8-19(20)24(29)17-6-2-1-3-7-17/h1-11,16,23H,12-15H2. The third kappa shape index (κ3) is 4.69. The highest BCUT2D eigenvalue weighted by Crippen LogP contribution is 2.36. The monoisotopic (exact) mass is 437 g/mol. The van der Waals surface area contributed by atoms with E-state index >= 15 is 0 Å². The first-order valence-corrected chi connectivity index (χ1v) is 11.1. The predicted octanol–water partition coefficient (Wildman–Crippen LogP) is 5.52. The average molecular weight is 438 g/mol. The predicted molar refractivity (Wildman–Crippen MR) is 118 cm³/mol. The second-order valence-corrected chi connectivity index (χ2v) is 8.66. The van der Waals surface area contributed by atoms with Crippen LogP contribution in [0.1, 0.15) is 43.5 Å². The molecule has 0 aromatic heterocycles. The van der Waals surface area contributed by atoms with Gasteiger partial charge in [0.25, 0.3) is 5.91 Å². The molecule has 6 heteroatoms. The molecule has 1 amide bonds. The summed E-state index contributed by atoms with van der Waals surface area (Å²) >= 11 is 1.52. The Balaban J connectivity index is 1.54. The van der Waals surface area contributed by atoms with Crippen LogP contribution in [0.4, 0.5) is 8.78 Å². The number of nitrogens with zero attached hydrogens (tertiary/aromatic N) is 1. The molecule has 0 N–H and O–H groups in total. The highest BCUT2D eigenvalue weighted by molar-refractivity contribution is 7.99. The van der Waals surface area contributed by atoms with E-state index in [4.69, 9.17) is 0 Å². The summed E-state index contributed by atoms with van der Waals surface area (Å²) in [5.41, 5.74) is 1.58. The number of hydrogen-bond donors (Lipinski definition) is 0. The molecule has 0 spiro atoms. The zero-order valence-electron chi connectivity index (χ0n) is 16.8. The zero-order valence-corrected chi connectivity index (χ0v) is 17.6. The largest absolute Gasteiger partial charge is 0.338 e. The van der Waals surface area contributed by atoms with E-state index in [1.54, 1.807) is 53.4 Å². The Kier molecular flexibility index (Phi) is 6.47. The molecule has 0 bridgehead atoms. The van der Waals surface area contributed by atoms with E-state index in [-0.39, 0.29) is 16.9 Å². The molecule has 4 rings (SSSR count). The third-order valence-corrected chi connectivity index (χ3v) is 6.68. The molecule has 1 aliphatic rings. The minimum Gasteiger partial charge on any atom is -0.338 e. The first kappa shape index (κ1) is 21.2. The van der Waals surface area contributed by atoms with Gasteiger partial charge in [-0.3, -0.25) is 9.59 Å². The fourth-order valence-corrected chi connectivity index (χ4v) is 5.01. The minimum atomic E-state index is -0.470. The normalized spacial score (nSPS) is 16.6. The number of ketones is 1. The molecule has 158 valence electrons. The maximum absolute atomic E-state index is 14.2. The van der Waals surface area contributed by atoms with Crippen molar-refractivity contribution in [3.05, 3.63) is 107 Å². The van der Waals surface area contributed by atoms with Gasteiger partial charge in [0.2, 0.25) is 0 Å². The summed E-state index contributed by atoms with van der Waals surface area (Å²) in [5.74, 6) is -0.726. The van der Waals surface area contributed by atoms with Gasteiger partial charge in [-0.2, -0.15) is 11.8 Å². The molecule has 1 unspecified atom stereocenters. The van der Waals surface area contributed by atoms with Crippen LogP contribution in [0.5, 0.6) is 0 Å². The fourth-order valence-electron chi connectivity index (χ4n) is 3.77. The van der Waals surface area contributed by atoms with Crippen LogP contribution >= 0.6 is 11.8 Å². The van der Waals surface area contributed by atoms with E-state index in [1.165, 1.54) is 17.8 Å². The van der Waals surface area contributed by atoms with Crippen molar-refractivity contribution in [3.8, 4) is 0 Å². The summed E-state index contributed by atoms with van der Waals surface area (Å²) in [6, 6.07) is 19.2. The van der Waals surface area contributed by atoms with Crippen LogP contribution in [-0.2, 0) is 0 Å². The number of carbonyl (C=O) groups is 2. The SMILES string of the molecule is O=C(c1ccccc1)c1ccccc1C(=O)N1CCSC(c2cc(F)ccc2F)CC1. The minimum absolute atomic E-state index is 0.201. The highest BCUT2D eigenvalue weighted by Gasteiger charge is 2.27. The molecule has 1 fully saturated rings. The lowest BCUT2D eigenvalue weighted by Crippen LogP contribution is -2.34. The molecule has 3 aromatic carbocycles. The van der Waals surface area contributed by atoms with E-state index in [0.29, 0.717) is 47.5 Å². The first-order chi connectivity index (χ1) is 15.0. The van der Waals surface area contributed by atoms with Gasteiger partial charge in [-0.15, -0.1) is 0 Å². The molecule has 3 aromatic rings. The molecule has 31 heavy (non-hydrogen) atoms. The lowest BCUT2D eigenvalue weighted by Gasteiger charge is -2.22. The van der Waals surface area contributed by atoms with Crippen LogP contribution in [-0.4, -0.2) is 35.4 Å². The van der Waals surface area contributed by atoms with Gasteiger partial charge in [-0.1, -0.05) is 48.5 Å². The van der Waals surface area contributed by atoms with Gasteiger partial charge in [0.15, 0.2) is 5.78 Å². The van der Waals surface area contributed by atoms with Gasteiger partial charge < -0.3 is 4.90 Å². The smallest absolute Gasteiger partial charge is 0.254 e. The van der Waals surface area contributed by atoms with Crippen LogP contribution in [0.25, 0.3) is 0 Å². The summed E-state index contributed by atoms with van der Waals surface area (Å²) in [6.45, 7) is 0.880. The molecule has 1 saturated heterocycles. The molecule has 0 saturated carbocycles. The van der Waals surface area contributed by atoms with Crippen LogP contribution < -0.4 is 0 Å². The van der Waals surface area contributed by atoms with Gasteiger partial charge in [-0.25, -0.2) is 8.78 Å². The summed E-state index contributed by atoms with van der Waals surface area (Å²) < 4.78 is 27.8. The fraction of sp³-hybridized carbons (Fsp3) is 0.200. The van der Waals surface area contributed by atoms with Crippen molar-refractivity contribution < 1.29 is 18.4 Å². The molecule has 1 aliphatic heterocycles. The van der Waals surface area contributed by atoms with Crippen LogP contribution in [0.3, 0.4) is 0 Å². The van der Waals surface area contributed by atoms with E-state index in [2.05, 4.69) is 0 Å². The number of hydrogen-bond acceptors (Lipinski definition) is 3. The van der Waals surface area contributed by atoms with Crippen molar-refractivity contribution in [2.45, 2.75) is 11.7 Å². The molecule has 1 atom stereocenters. The van der Waals surface area contributed by atoms with Gasteiger partial charge in [0, 0.05) is 40.8 Å². The maximum atomic E-state index is 14.2. The summed E-state index contributed by atoms with van der Waals surface area (Å²) in [7, 11) is 0. The Hall–Kier alpha value is -2.99. The van der Waals surface area contributed by atoms with Crippen molar-refractivity contribution in [2.75, 3.05) is 18.8 Å². The molecular formula is C25H21F2NO2S. The van der Waals surface area contributed by atoms with E-state index in [0.717, 1.165) is 12.1 Å². The number of amides is 1. The Labute approximate surface area is 184 Å². The van der Waals surface area contributed by atoms with Crippen molar-refractivity contribution in [3.63, 3.8) is 0 Å². The Morgan fingerprint density at radius 2 is 1.58 bits per heavy atom. The van der Waals surface area contributed by atoms with Crippen LogP contribution in [0.15, 0.2) is 72.8 Å². The summed E-state index contributed by atoms with van der Waals surface area (Å²) in [5, 5.41) is -0.227. The highest BCUT2D eigenvalue weighted by atomic mass is 32.2. The zero-order chi connectivity index (χ0) is 21.8. The second kappa shape index (κ2) is 9.43. The van der Waals surface area contributed by atoms with Gasteiger partial charge in [0.1, 0.15) is 11.6 Å². The Morgan fingerprint density at radius 3 is 2.35 bits per heavy atom. The van der Waals surface area contributed by atoms with E-state index < -0.39 is 11.6 Å². The lowest BCUT2D eigenvalue weighted by atomic mass is 9.97. The van der Waals surface area contributed by atoms with Crippen molar-refractivity contribution in [1.29, 1.82) is 0 Å². The second-order valence-electron chi connectivity index (χ2n) is 7.35. The number of thioether (sulfide) groups is 1. The number of rotatable bonds is 4.